The van der Waals surface area contributed by atoms with Crippen molar-refractivity contribution in [1.82, 2.24) is 0 Å². The van der Waals surface area contributed by atoms with E-state index in [1.54, 1.807) is 4.99 Å². The second-order valence-corrected chi connectivity index (χ2v) is 4.95. The Balaban J connectivity index is 2.47. The molecular formula is C13H14BrNO. The van der Waals surface area contributed by atoms with Crippen molar-refractivity contribution in [3.8, 4) is 0 Å². The Hall–Kier alpha value is -1.09. The molecule has 0 bridgehead atoms. The number of carbonyl (C=O) groups excluding carboxylic acids is 1. The Kier molecular flexibility index (Phi) is 2.89. The fourth-order valence-corrected chi connectivity index (χ4v) is 2.29. The molecule has 0 atom stereocenters. The second-order valence-electron chi connectivity index (χ2n) is 4.42. The minimum Gasteiger partial charge on any atom is -0.308 e. The van der Waals surface area contributed by atoms with Crippen LogP contribution in [0.2, 0.25) is 0 Å². The highest BCUT2D eigenvalue weighted by atomic mass is 79.9. The van der Waals surface area contributed by atoms with Crippen LogP contribution in [0.5, 0.6) is 0 Å². The van der Waals surface area contributed by atoms with Gasteiger partial charge in [0.15, 0.2) is 0 Å². The van der Waals surface area contributed by atoms with E-state index in [0.717, 1.165) is 11.3 Å². The van der Waals surface area contributed by atoms with Gasteiger partial charge in [-0.1, -0.05) is 40.2 Å². The van der Waals surface area contributed by atoms with Gasteiger partial charge >= 0.3 is 0 Å². The average Bonchev–Trinajstić information content (AvgIpc) is 2.47. The van der Waals surface area contributed by atoms with E-state index < -0.39 is 5.41 Å². The van der Waals surface area contributed by atoms with Crippen LogP contribution < -0.4 is 4.90 Å². The maximum Gasteiger partial charge on any atom is 0.237 e. The van der Waals surface area contributed by atoms with E-state index in [-0.39, 0.29) is 5.91 Å². The van der Waals surface area contributed by atoms with Crippen molar-refractivity contribution in [3.63, 3.8) is 0 Å². The summed E-state index contributed by atoms with van der Waals surface area (Å²) in [6, 6.07) is 7.99. The number of amides is 1. The van der Waals surface area contributed by atoms with Gasteiger partial charge in [-0.15, -0.1) is 0 Å². The number of fused-ring (bicyclic) bond motifs is 1. The Morgan fingerprint density at radius 3 is 2.75 bits per heavy atom. The number of nitrogens with zero attached hydrogens (tertiary/aromatic N) is 1. The zero-order valence-corrected chi connectivity index (χ0v) is 11.0. The molecule has 16 heavy (non-hydrogen) atoms. The van der Waals surface area contributed by atoms with Crippen molar-refractivity contribution in [2.24, 2.45) is 0 Å². The Morgan fingerprint density at radius 1 is 1.38 bits per heavy atom. The molecule has 1 aromatic carbocycles. The van der Waals surface area contributed by atoms with Crippen LogP contribution in [0.4, 0.5) is 5.69 Å². The van der Waals surface area contributed by atoms with E-state index in [0.29, 0.717) is 6.54 Å². The first-order chi connectivity index (χ1) is 7.59. The summed E-state index contributed by atoms with van der Waals surface area (Å²) in [5.74, 6) is 0.166. The number of carbonyl (C=O) groups is 1. The molecule has 0 saturated heterocycles. The van der Waals surface area contributed by atoms with Crippen molar-refractivity contribution in [3.05, 3.63) is 40.9 Å². The van der Waals surface area contributed by atoms with Gasteiger partial charge in [-0.25, -0.2) is 0 Å². The predicted octanol–water partition coefficient (Wildman–Crippen LogP) is 3.22. The quantitative estimate of drug-likeness (QED) is 0.814. The van der Waals surface area contributed by atoms with Gasteiger partial charge in [0.1, 0.15) is 0 Å². The Bertz CT molecular complexity index is 451. The largest absolute Gasteiger partial charge is 0.308 e. The summed E-state index contributed by atoms with van der Waals surface area (Å²) in [6.45, 7) is 4.57. The van der Waals surface area contributed by atoms with Gasteiger partial charge in [0, 0.05) is 12.2 Å². The molecule has 0 aromatic heterocycles. The molecule has 1 aliphatic heterocycles. The van der Waals surface area contributed by atoms with Crippen molar-refractivity contribution >= 4 is 27.5 Å². The van der Waals surface area contributed by atoms with Gasteiger partial charge in [-0.2, -0.15) is 0 Å². The molecule has 2 rings (SSSR count). The lowest BCUT2D eigenvalue weighted by Gasteiger charge is -2.18. The first-order valence-electron chi connectivity index (χ1n) is 5.25. The number of rotatable bonds is 2. The lowest BCUT2D eigenvalue weighted by atomic mass is 9.86. The number of anilines is 1. The van der Waals surface area contributed by atoms with E-state index in [9.17, 15) is 4.79 Å². The monoisotopic (exact) mass is 279 g/mol. The topological polar surface area (TPSA) is 20.3 Å². The summed E-state index contributed by atoms with van der Waals surface area (Å²) in [4.78, 5) is 15.9. The number of hydrogen-bond donors (Lipinski definition) is 0. The summed E-state index contributed by atoms with van der Waals surface area (Å²) in [7, 11) is 0. The van der Waals surface area contributed by atoms with Crippen LogP contribution >= 0.6 is 15.9 Å². The molecule has 0 N–H and O–H groups in total. The van der Waals surface area contributed by atoms with Crippen LogP contribution in [0, 0.1) is 0 Å². The van der Waals surface area contributed by atoms with Crippen LogP contribution in [-0.2, 0) is 10.2 Å². The third-order valence-corrected chi connectivity index (χ3v) is 3.40. The third kappa shape index (κ3) is 1.59. The zero-order chi connectivity index (χ0) is 11.8. The van der Waals surface area contributed by atoms with Crippen molar-refractivity contribution in [2.75, 3.05) is 11.4 Å². The molecule has 3 heteroatoms. The van der Waals surface area contributed by atoms with Crippen molar-refractivity contribution in [2.45, 2.75) is 19.3 Å². The van der Waals surface area contributed by atoms with Gasteiger partial charge in [0.2, 0.25) is 5.91 Å². The number of benzene rings is 1. The van der Waals surface area contributed by atoms with Crippen LogP contribution in [0.25, 0.3) is 0 Å². The molecule has 0 fully saturated rings. The van der Waals surface area contributed by atoms with E-state index in [1.807, 2.05) is 49.1 Å². The smallest absolute Gasteiger partial charge is 0.237 e. The molecule has 0 radical (unpaired) electrons. The highest BCUT2D eigenvalue weighted by Crippen LogP contribution is 2.40. The summed E-state index contributed by atoms with van der Waals surface area (Å²) in [5.41, 5.74) is 1.74. The third-order valence-electron chi connectivity index (χ3n) is 3.03. The standard InChI is InChI=1S/C13H14BrNO/c1-13(2)10-6-3-4-7-11(10)15(12(13)16)9-5-8-14/h3-8H,9H2,1-2H3/b8-5+. The second kappa shape index (κ2) is 4.06. The van der Waals surface area contributed by atoms with Crippen LogP contribution in [0.1, 0.15) is 19.4 Å². The Morgan fingerprint density at radius 2 is 2.06 bits per heavy atom. The minimum absolute atomic E-state index is 0.166. The molecule has 84 valence electrons. The summed E-state index contributed by atoms with van der Waals surface area (Å²) in [5, 5.41) is 0. The van der Waals surface area contributed by atoms with Gasteiger partial charge < -0.3 is 4.90 Å². The summed E-state index contributed by atoms with van der Waals surface area (Å²) in [6.07, 6.45) is 1.93. The molecule has 1 heterocycles. The highest BCUT2D eigenvalue weighted by Gasteiger charge is 2.42. The fourth-order valence-electron chi connectivity index (χ4n) is 2.13. The van der Waals surface area contributed by atoms with Gasteiger partial charge in [-0.3, -0.25) is 4.79 Å². The Labute approximate surface area is 104 Å². The number of halogens is 1. The van der Waals surface area contributed by atoms with Gasteiger partial charge in [-0.05, 0) is 30.5 Å². The molecule has 1 aromatic rings. The molecule has 2 nitrogen and oxygen atoms in total. The van der Waals surface area contributed by atoms with Crippen molar-refractivity contribution < 1.29 is 4.79 Å². The molecule has 0 aliphatic carbocycles. The SMILES string of the molecule is CC1(C)C(=O)N(C/C=C/Br)c2ccccc21. The predicted molar refractivity (Wildman–Crippen MR) is 69.9 cm³/mol. The van der Waals surface area contributed by atoms with Gasteiger partial charge in [0.05, 0.1) is 5.41 Å². The molecule has 0 saturated carbocycles. The maximum absolute atomic E-state index is 12.3. The van der Waals surface area contributed by atoms with E-state index in [2.05, 4.69) is 15.9 Å². The van der Waals surface area contributed by atoms with E-state index in [1.165, 1.54) is 0 Å². The summed E-state index contributed by atoms with van der Waals surface area (Å²) < 4.78 is 0. The van der Waals surface area contributed by atoms with E-state index in [4.69, 9.17) is 0 Å². The maximum atomic E-state index is 12.3. The van der Waals surface area contributed by atoms with Crippen LogP contribution in [-0.4, -0.2) is 12.5 Å². The summed E-state index contributed by atoms with van der Waals surface area (Å²) >= 11 is 3.23. The number of para-hydroxylation sites is 1. The number of hydrogen-bond acceptors (Lipinski definition) is 1. The van der Waals surface area contributed by atoms with Gasteiger partial charge in [0.25, 0.3) is 0 Å². The van der Waals surface area contributed by atoms with E-state index >= 15 is 0 Å². The molecule has 0 spiro atoms. The first kappa shape index (κ1) is 11.4. The average molecular weight is 280 g/mol. The minimum atomic E-state index is -0.406. The lowest BCUT2D eigenvalue weighted by Crippen LogP contribution is -2.36. The zero-order valence-electron chi connectivity index (χ0n) is 9.40. The van der Waals surface area contributed by atoms with Crippen molar-refractivity contribution in [1.29, 1.82) is 0 Å². The van der Waals surface area contributed by atoms with Crippen LogP contribution in [0.15, 0.2) is 35.3 Å². The van der Waals surface area contributed by atoms with Crippen LogP contribution in [0.3, 0.4) is 0 Å². The fraction of sp³-hybridized carbons (Fsp3) is 0.308. The molecular weight excluding hydrogens is 266 g/mol. The molecule has 0 unspecified atom stereocenters. The lowest BCUT2D eigenvalue weighted by molar-refractivity contribution is -0.121. The normalized spacial score (nSPS) is 18.2. The molecule has 1 aliphatic rings. The molecule has 1 amide bonds. The first-order valence-corrected chi connectivity index (χ1v) is 6.17. The highest BCUT2D eigenvalue weighted by molar-refractivity contribution is 9.11.